The maximum Gasteiger partial charge on any atom is 0.227 e. The Balaban J connectivity index is 1.44. The summed E-state index contributed by atoms with van der Waals surface area (Å²) in [5.74, 6) is 0.658. The Bertz CT molecular complexity index is 600. The van der Waals surface area contributed by atoms with Gasteiger partial charge in [-0.15, -0.1) is 0 Å². The molecule has 0 atom stereocenters. The van der Waals surface area contributed by atoms with Crippen LogP contribution in [0.4, 0.5) is 0 Å². The van der Waals surface area contributed by atoms with Crippen molar-refractivity contribution in [3.05, 3.63) is 35.4 Å². The molecule has 0 spiro atoms. The molecular formula is C21H30N2O2. The zero-order valence-corrected chi connectivity index (χ0v) is 15.3. The highest BCUT2D eigenvalue weighted by molar-refractivity contribution is 5.80. The molecule has 0 aromatic heterocycles. The predicted octanol–water partition coefficient (Wildman–Crippen LogP) is 3.23. The zero-order valence-electron chi connectivity index (χ0n) is 15.3. The number of hydrogen-bond donors (Lipinski definition) is 1. The molecule has 1 aliphatic carbocycles. The molecule has 2 aliphatic rings. The van der Waals surface area contributed by atoms with Gasteiger partial charge in [0.1, 0.15) is 0 Å². The highest BCUT2D eigenvalue weighted by atomic mass is 16.2. The van der Waals surface area contributed by atoms with E-state index in [9.17, 15) is 9.59 Å². The minimum absolute atomic E-state index is 0.200. The molecule has 2 fully saturated rings. The molecule has 2 amide bonds. The Morgan fingerprint density at radius 2 is 1.72 bits per heavy atom. The molecule has 0 bridgehead atoms. The van der Waals surface area contributed by atoms with Gasteiger partial charge in [0.15, 0.2) is 0 Å². The first-order chi connectivity index (χ1) is 12.1. The van der Waals surface area contributed by atoms with E-state index in [1.54, 1.807) is 0 Å². The molecule has 0 radical (unpaired) electrons. The Morgan fingerprint density at radius 1 is 1.04 bits per heavy atom. The van der Waals surface area contributed by atoms with Gasteiger partial charge in [0.05, 0.1) is 6.42 Å². The number of hydrogen-bond acceptors (Lipinski definition) is 2. The van der Waals surface area contributed by atoms with E-state index in [1.807, 2.05) is 23.1 Å². The van der Waals surface area contributed by atoms with E-state index < -0.39 is 0 Å². The van der Waals surface area contributed by atoms with Crippen LogP contribution in [0.2, 0.25) is 0 Å². The number of carbonyl (C=O) groups is 2. The minimum atomic E-state index is 0.200. The number of piperidine rings is 1. The van der Waals surface area contributed by atoms with E-state index in [4.69, 9.17) is 0 Å². The number of benzene rings is 1. The van der Waals surface area contributed by atoms with E-state index in [0.29, 0.717) is 6.42 Å². The van der Waals surface area contributed by atoms with Gasteiger partial charge in [0.2, 0.25) is 11.8 Å². The summed E-state index contributed by atoms with van der Waals surface area (Å²) in [5, 5.41) is 3.23. The summed E-state index contributed by atoms with van der Waals surface area (Å²) < 4.78 is 0. The normalized spacial score (nSPS) is 19.6. The largest absolute Gasteiger partial charge is 0.353 e. The van der Waals surface area contributed by atoms with Crippen LogP contribution in [0.1, 0.15) is 56.1 Å². The molecule has 1 aliphatic heterocycles. The predicted molar refractivity (Wildman–Crippen MR) is 99.2 cm³/mol. The monoisotopic (exact) mass is 342 g/mol. The molecule has 1 aromatic rings. The van der Waals surface area contributed by atoms with Gasteiger partial charge in [-0.3, -0.25) is 9.59 Å². The van der Waals surface area contributed by atoms with Crippen molar-refractivity contribution in [3.8, 4) is 0 Å². The van der Waals surface area contributed by atoms with Crippen molar-refractivity contribution in [3.63, 3.8) is 0 Å². The van der Waals surface area contributed by atoms with E-state index in [-0.39, 0.29) is 23.8 Å². The average molecular weight is 342 g/mol. The van der Waals surface area contributed by atoms with Crippen LogP contribution in [-0.2, 0) is 16.0 Å². The van der Waals surface area contributed by atoms with Gasteiger partial charge in [-0.25, -0.2) is 0 Å². The third kappa shape index (κ3) is 4.83. The summed E-state index contributed by atoms with van der Waals surface area (Å²) in [6.45, 7) is 3.55. The van der Waals surface area contributed by atoms with Gasteiger partial charge in [0.25, 0.3) is 0 Å². The van der Waals surface area contributed by atoms with Crippen molar-refractivity contribution >= 4 is 11.8 Å². The molecule has 1 aromatic carbocycles. The molecule has 1 saturated heterocycles. The fourth-order valence-electron chi connectivity index (χ4n) is 4.04. The summed E-state index contributed by atoms with van der Waals surface area (Å²) in [6, 6.07) is 8.31. The minimum Gasteiger partial charge on any atom is -0.353 e. The SMILES string of the molecule is Cc1ccccc1CC(=O)N1CCC(NC(=O)C2CCCCC2)CC1. The lowest BCUT2D eigenvalue weighted by Gasteiger charge is -2.33. The molecule has 1 saturated carbocycles. The third-order valence-electron chi connectivity index (χ3n) is 5.77. The van der Waals surface area contributed by atoms with Crippen molar-refractivity contribution in [1.29, 1.82) is 0 Å². The van der Waals surface area contributed by atoms with Crippen LogP contribution in [0.3, 0.4) is 0 Å². The van der Waals surface area contributed by atoms with Gasteiger partial charge in [-0.1, -0.05) is 43.5 Å². The maximum absolute atomic E-state index is 12.5. The van der Waals surface area contributed by atoms with Crippen molar-refractivity contribution < 1.29 is 9.59 Å². The Labute approximate surface area is 151 Å². The van der Waals surface area contributed by atoms with Crippen molar-refractivity contribution in [2.75, 3.05) is 13.1 Å². The van der Waals surface area contributed by atoms with Crippen LogP contribution in [0.25, 0.3) is 0 Å². The second kappa shape index (κ2) is 8.50. The smallest absolute Gasteiger partial charge is 0.227 e. The molecule has 1 N–H and O–H groups in total. The number of carbonyl (C=O) groups excluding carboxylic acids is 2. The number of amides is 2. The van der Waals surface area contributed by atoms with Gasteiger partial charge in [0, 0.05) is 25.0 Å². The first-order valence-electron chi connectivity index (χ1n) is 9.76. The molecule has 0 unspecified atom stereocenters. The number of nitrogens with zero attached hydrogens (tertiary/aromatic N) is 1. The second-order valence-corrected chi connectivity index (χ2v) is 7.60. The number of nitrogens with one attached hydrogen (secondary N) is 1. The topological polar surface area (TPSA) is 49.4 Å². The molecule has 3 rings (SSSR count). The summed E-state index contributed by atoms with van der Waals surface area (Å²) in [7, 11) is 0. The van der Waals surface area contributed by atoms with Crippen LogP contribution in [-0.4, -0.2) is 35.8 Å². The summed E-state index contributed by atoms with van der Waals surface area (Å²) >= 11 is 0. The number of aryl methyl sites for hydroxylation is 1. The van der Waals surface area contributed by atoms with E-state index in [1.165, 1.54) is 24.8 Å². The van der Waals surface area contributed by atoms with Gasteiger partial charge in [-0.05, 0) is 43.7 Å². The highest BCUT2D eigenvalue weighted by Crippen LogP contribution is 2.24. The summed E-state index contributed by atoms with van der Waals surface area (Å²) in [6.07, 6.45) is 7.94. The van der Waals surface area contributed by atoms with Crippen molar-refractivity contribution in [2.24, 2.45) is 5.92 Å². The van der Waals surface area contributed by atoms with Crippen molar-refractivity contribution in [2.45, 2.75) is 64.3 Å². The van der Waals surface area contributed by atoms with Crippen LogP contribution in [0, 0.1) is 12.8 Å². The highest BCUT2D eigenvalue weighted by Gasteiger charge is 2.27. The van der Waals surface area contributed by atoms with Crippen LogP contribution in [0.15, 0.2) is 24.3 Å². The lowest BCUT2D eigenvalue weighted by molar-refractivity contribution is -0.131. The first kappa shape index (κ1) is 18.0. The fraction of sp³-hybridized carbons (Fsp3) is 0.619. The quantitative estimate of drug-likeness (QED) is 0.913. The Hall–Kier alpha value is -1.84. The first-order valence-corrected chi connectivity index (χ1v) is 9.76. The van der Waals surface area contributed by atoms with E-state index in [0.717, 1.165) is 44.3 Å². The Morgan fingerprint density at radius 3 is 2.40 bits per heavy atom. The lowest BCUT2D eigenvalue weighted by atomic mass is 9.88. The van der Waals surface area contributed by atoms with E-state index >= 15 is 0 Å². The zero-order chi connectivity index (χ0) is 17.6. The maximum atomic E-state index is 12.5. The third-order valence-corrected chi connectivity index (χ3v) is 5.77. The number of rotatable bonds is 4. The van der Waals surface area contributed by atoms with Crippen LogP contribution >= 0.6 is 0 Å². The molecular weight excluding hydrogens is 312 g/mol. The molecule has 25 heavy (non-hydrogen) atoms. The second-order valence-electron chi connectivity index (χ2n) is 7.60. The van der Waals surface area contributed by atoms with Gasteiger partial charge >= 0.3 is 0 Å². The van der Waals surface area contributed by atoms with Crippen LogP contribution in [0.5, 0.6) is 0 Å². The molecule has 136 valence electrons. The van der Waals surface area contributed by atoms with Gasteiger partial charge < -0.3 is 10.2 Å². The molecule has 4 nitrogen and oxygen atoms in total. The molecule has 1 heterocycles. The standard InChI is InChI=1S/C21H30N2O2/c1-16-7-5-6-10-18(16)15-20(24)23-13-11-19(12-14-23)22-21(25)17-8-3-2-4-9-17/h5-7,10,17,19H,2-4,8-9,11-15H2,1H3,(H,22,25). The van der Waals surface area contributed by atoms with Crippen molar-refractivity contribution in [1.82, 2.24) is 10.2 Å². The van der Waals surface area contributed by atoms with Crippen LogP contribution < -0.4 is 5.32 Å². The van der Waals surface area contributed by atoms with E-state index in [2.05, 4.69) is 18.3 Å². The lowest BCUT2D eigenvalue weighted by Crippen LogP contribution is -2.48. The fourth-order valence-corrected chi connectivity index (χ4v) is 4.04. The average Bonchev–Trinajstić information content (AvgIpc) is 2.65. The summed E-state index contributed by atoms with van der Waals surface area (Å²) in [4.78, 5) is 26.9. The summed E-state index contributed by atoms with van der Waals surface area (Å²) in [5.41, 5.74) is 2.28. The number of likely N-dealkylation sites (tertiary alicyclic amines) is 1. The molecule has 4 heteroatoms. The van der Waals surface area contributed by atoms with Gasteiger partial charge in [-0.2, -0.15) is 0 Å². The Kier molecular flexibility index (Phi) is 6.11.